The van der Waals surface area contributed by atoms with Crippen LogP contribution in [0.4, 0.5) is 0 Å². The topological polar surface area (TPSA) is 35.5 Å². The number of halogens is 1. The Morgan fingerprint density at radius 1 is 1.67 bits per heavy atom. The number of ether oxygens (including phenoxy) is 2. The van der Waals surface area contributed by atoms with Crippen molar-refractivity contribution in [1.29, 1.82) is 0 Å². The number of hydrogen-bond donors (Lipinski definition) is 0. The van der Waals surface area contributed by atoms with Crippen LogP contribution in [0.1, 0.15) is 27.7 Å². The van der Waals surface area contributed by atoms with E-state index in [-0.39, 0.29) is 18.0 Å². The molecule has 0 aromatic rings. The summed E-state index contributed by atoms with van der Waals surface area (Å²) in [5.41, 5.74) is 0.699. The number of carbonyl (C=O) groups excluding carboxylic acids is 1. The molecule has 0 saturated heterocycles. The van der Waals surface area contributed by atoms with Gasteiger partial charge in [-0.05, 0) is 20.8 Å². The molecule has 0 radical (unpaired) electrons. The lowest BCUT2D eigenvalue weighted by molar-refractivity contribution is -0.139. The molecule has 0 saturated carbocycles. The van der Waals surface area contributed by atoms with E-state index in [0.717, 1.165) is 5.76 Å². The maximum absolute atomic E-state index is 11.7. The third-order valence-corrected chi connectivity index (χ3v) is 3.30. The summed E-state index contributed by atoms with van der Waals surface area (Å²) in [6, 6.07) is 0. The van der Waals surface area contributed by atoms with Gasteiger partial charge in [0.2, 0.25) is 0 Å². The molecule has 0 spiro atoms. The first-order valence-corrected chi connectivity index (χ1v) is 6.42. The smallest absolute Gasteiger partial charge is 0.337 e. The van der Waals surface area contributed by atoms with Crippen LogP contribution in [0.15, 0.2) is 11.3 Å². The Hall–Kier alpha value is -0.260. The molecule has 1 aliphatic heterocycles. The summed E-state index contributed by atoms with van der Waals surface area (Å²) in [5.74, 6) is 0.604. The first kappa shape index (κ1) is 12.8. The van der Waals surface area contributed by atoms with Gasteiger partial charge in [0, 0.05) is 9.84 Å². The van der Waals surface area contributed by atoms with Gasteiger partial charge >= 0.3 is 5.97 Å². The van der Waals surface area contributed by atoms with Crippen LogP contribution in [0.5, 0.6) is 0 Å². The standard InChI is InChI=1S/C11H17IO3/c1-5-14-11(13)9-6(2)10(7(3)12)15-8(9)4/h6-7,10H,5H2,1-4H3/t6-,7-,10-/m1/s1. The first-order valence-electron chi connectivity index (χ1n) is 5.17. The number of alkyl halides is 1. The van der Waals surface area contributed by atoms with Crippen molar-refractivity contribution >= 4 is 28.6 Å². The van der Waals surface area contributed by atoms with Gasteiger partial charge in [-0.25, -0.2) is 4.79 Å². The summed E-state index contributed by atoms with van der Waals surface area (Å²) in [5, 5.41) is 0. The van der Waals surface area contributed by atoms with E-state index in [1.807, 2.05) is 20.8 Å². The molecule has 0 aromatic carbocycles. The van der Waals surface area contributed by atoms with Gasteiger partial charge in [0.15, 0.2) is 0 Å². The molecule has 0 fully saturated rings. The Bertz CT molecular complexity index is 284. The molecule has 0 aliphatic carbocycles. The van der Waals surface area contributed by atoms with E-state index < -0.39 is 0 Å². The molecular weight excluding hydrogens is 307 g/mol. The largest absolute Gasteiger partial charge is 0.493 e. The molecule has 3 atom stereocenters. The van der Waals surface area contributed by atoms with Crippen molar-refractivity contribution in [2.24, 2.45) is 5.92 Å². The normalized spacial score (nSPS) is 27.5. The van der Waals surface area contributed by atoms with Crippen molar-refractivity contribution in [1.82, 2.24) is 0 Å². The molecule has 0 amide bonds. The first-order chi connectivity index (χ1) is 6.99. The highest BCUT2D eigenvalue weighted by Crippen LogP contribution is 2.35. The van der Waals surface area contributed by atoms with Crippen LogP contribution in [0, 0.1) is 5.92 Å². The van der Waals surface area contributed by atoms with Crippen LogP contribution in [-0.4, -0.2) is 22.6 Å². The average Bonchev–Trinajstić information content (AvgIpc) is 2.42. The molecular formula is C11H17IO3. The highest BCUT2D eigenvalue weighted by molar-refractivity contribution is 14.1. The molecule has 0 unspecified atom stereocenters. The zero-order chi connectivity index (χ0) is 11.6. The van der Waals surface area contributed by atoms with E-state index >= 15 is 0 Å². The number of rotatable bonds is 3. The third-order valence-electron chi connectivity index (χ3n) is 2.59. The minimum absolute atomic E-state index is 0.0880. The lowest BCUT2D eigenvalue weighted by Crippen LogP contribution is -2.26. The lowest BCUT2D eigenvalue weighted by atomic mass is 9.95. The molecule has 1 heterocycles. The molecule has 0 N–H and O–H groups in total. The minimum Gasteiger partial charge on any atom is -0.493 e. The maximum atomic E-state index is 11.7. The van der Waals surface area contributed by atoms with E-state index in [0.29, 0.717) is 16.1 Å². The van der Waals surface area contributed by atoms with Crippen molar-refractivity contribution in [3.05, 3.63) is 11.3 Å². The molecule has 15 heavy (non-hydrogen) atoms. The second kappa shape index (κ2) is 5.18. The second-order valence-corrected chi connectivity index (χ2v) is 5.70. The van der Waals surface area contributed by atoms with Gasteiger partial charge < -0.3 is 9.47 Å². The van der Waals surface area contributed by atoms with Gasteiger partial charge in [0.25, 0.3) is 0 Å². The Kier molecular flexibility index (Phi) is 4.43. The summed E-state index contributed by atoms with van der Waals surface area (Å²) in [4.78, 5) is 11.7. The number of hydrogen-bond acceptors (Lipinski definition) is 3. The summed E-state index contributed by atoms with van der Waals surface area (Å²) >= 11 is 2.32. The van der Waals surface area contributed by atoms with Crippen molar-refractivity contribution < 1.29 is 14.3 Å². The van der Waals surface area contributed by atoms with Crippen LogP contribution in [0.25, 0.3) is 0 Å². The monoisotopic (exact) mass is 324 g/mol. The van der Waals surface area contributed by atoms with Gasteiger partial charge in [0.1, 0.15) is 11.9 Å². The van der Waals surface area contributed by atoms with Gasteiger partial charge in [-0.1, -0.05) is 29.5 Å². The van der Waals surface area contributed by atoms with Crippen LogP contribution in [0.3, 0.4) is 0 Å². The molecule has 0 bridgehead atoms. The van der Waals surface area contributed by atoms with Gasteiger partial charge in [-0.15, -0.1) is 0 Å². The van der Waals surface area contributed by atoms with Gasteiger partial charge in [-0.3, -0.25) is 0 Å². The van der Waals surface area contributed by atoms with Crippen molar-refractivity contribution in [3.63, 3.8) is 0 Å². The lowest BCUT2D eigenvalue weighted by Gasteiger charge is -2.19. The Balaban J connectivity index is 2.81. The second-order valence-electron chi connectivity index (χ2n) is 3.74. The molecule has 0 aromatic heterocycles. The fraction of sp³-hybridized carbons (Fsp3) is 0.727. The quantitative estimate of drug-likeness (QED) is 0.455. The van der Waals surface area contributed by atoms with Gasteiger partial charge in [-0.2, -0.15) is 0 Å². The van der Waals surface area contributed by atoms with Crippen LogP contribution in [0.2, 0.25) is 0 Å². The SMILES string of the molecule is CCOC(=O)C1=C(C)O[C@@H]([C@@H](C)I)[C@@H]1C. The van der Waals surface area contributed by atoms with Crippen molar-refractivity contribution in [2.75, 3.05) is 6.61 Å². The summed E-state index contributed by atoms with van der Waals surface area (Å²) in [6.07, 6.45) is 0.0880. The highest BCUT2D eigenvalue weighted by atomic mass is 127. The predicted molar refractivity (Wildman–Crippen MR) is 66.9 cm³/mol. The van der Waals surface area contributed by atoms with E-state index in [1.165, 1.54) is 0 Å². The summed E-state index contributed by atoms with van der Waals surface area (Å²) in [7, 11) is 0. The third kappa shape index (κ3) is 2.65. The zero-order valence-corrected chi connectivity index (χ0v) is 11.7. The van der Waals surface area contributed by atoms with E-state index in [2.05, 4.69) is 29.5 Å². The fourth-order valence-electron chi connectivity index (χ4n) is 1.88. The van der Waals surface area contributed by atoms with Crippen LogP contribution >= 0.6 is 22.6 Å². The van der Waals surface area contributed by atoms with Crippen LogP contribution in [-0.2, 0) is 14.3 Å². The molecule has 4 heteroatoms. The van der Waals surface area contributed by atoms with Crippen molar-refractivity contribution in [3.8, 4) is 0 Å². The number of allylic oxidation sites excluding steroid dienone is 1. The molecule has 86 valence electrons. The zero-order valence-electron chi connectivity index (χ0n) is 9.54. The average molecular weight is 324 g/mol. The van der Waals surface area contributed by atoms with Gasteiger partial charge in [0.05, 0.1) is 12.2 Å². The Labute approximate surface area is 104 Å². The highest BCUT2D eigenvalue weighted by Gasteiger charge is 2.38. The number of carbonyl (C=O) groups is 1. The molecule has 1 aliphatic rings. The van der Waals surface area contributed by atoms with Crippen LogP contribution < -0.4 is 0 Å². The fourth-order valence-corrected chi connectivity index (χ4v) is 2.65. The Morgan fingerprint density at radius 2 is 2.27 bits per heavy atom. The predicted octanol–water partition coefficient (Wildman–Crippen LogP) is 2.68. The van der Waals surface area contributed by atoms with E-state index in [4.69, 9.17) is 9.47 Å². The number of esters is 1. The molecule has 1 rings (SSSR count). The maximum Gasteiger partial charge on any atom is 0.337 e. The summed E-state index contributed by atoms with van der Waals surface area (Å²) < 4.78 is 11.1. The van der Waals surface area contributed by atoms with E-state index in [1.54, 1.807) is 0 Å². The van der Waals surface area contributed by atoms with E-state index in [9.17, 15) is 4.79 Å². The Morgan fingerprint density at radius 3 is 2.67 bits per heavy atom. The summed E-state index contributed by atoms with van der Waals surface area (Å²) in [6.45, 7) is 8.16. The molecule has 3 nitrogen and oxygen atoms in total. The minimum atomic E-state index is -0.234. The van der Waals surface area contributed by atoms with Crippen molar-refractivity contribution in [2.45, 2.75) is 37.7 Å².